The van der Waals surface area contributed by atoms with Crippen LogP contribution in [0.2, 0.25) is 0 Å². The topological polar surface area (TPSA) is 45.2 Å². The largest absolute Gasteiger partial charge is 0.343 e. The van der Waals surface area contributed by atoms with Crippen LogP contribution in [0.1, 0.15) is 27.2 Å². The molecule has 4 heteroatoms. The third-order valence-corrected chi connectivity index (χ3v) is 4.22. The molecule has 1 N–H and O–H groups in total. The maximum atomic E-state index is 12.2. The zero-order valence-electron chi connectivity index (χ0n) is 13.3. The van der Waals surface area contributed by atoms with Gasteiger partial charge in [-0.2, -0.15) is 0 Å². The first-order valence-electron chi connectivity index (χ1n) is 7.58. The fourth-order valence-corrected chi connectivity index (χ4v) is 2.92. The van der Waals surface area contributed by atoms with Crippen LogP contribution in [0.15, 0.2) is 30.5 Å². The van der Waals surface area contributed by atoms with Crippen molar-refractivity contribution in [3.8, 4) is 11.1 Å². The molecule has 0 atom stereocenters. The highest BCUT2D eigenvalue weighted by Crippen LogP contribution is 2.28. The molecule has 0 saturated carbocycles. The summed E-state index contributed by atoms with van der Waals surface area (Å²) in [5.74, 6) is -0.0565. The standard InChI is InChI=1S/C18H21N3O/c1-12-16(7-9-20-17(12)18(22)21(2)3)14-5-4-13-6-8-19-11-15(13)10-14/h4-5,7,9-10,19H,6,8,11H2,1-3H3. The number of amides is 1. The molecule has 0 radical (unpaired) electrons. The molecule has 1 amide bonds. The summed E-state index contributed by atoms with van der Waals surface area (Å²) >= 11 is 0. The quantitative estimate of drug-likeness (QED) is 0.925. The average molecular weight is 295 g/mol. The fourth-order valence-electron chi connectivity index (χ4n) is 2.92. The lowest BCUT2D eigenvalue weighted by Gasteiger charge is -2.19. The van der Waals surface area contributed by atoms with Crippen LogP contribution in [0.5, 0.6) is 0 Å². The van der Waals surface area contributed by atoms with Gasteiger partial charge in [0.2, 0.25) is 0 Å². The summed E-state index contributed by atoms with van der Waals surface area (Å²) in [5.41, 5.74) is 6.45. The lowest BCUT2D eigenvalue weighted by molar-refractivity contribution is 0.0821. The zero-order valence-corrected chi connectivity index (χ0v) is 13.3. The molecule has 2 aromatic rings. The van der Waals surface area contributed by atoms with E-state index in [1.807, 2.05) is 13.0 Å². The molecule has 4 nitrogen and oxygen atoms in total. The molecular formula is C18H21N3O. The van der Waals surface area contributed by atoms with Gasteiger partial charge in [0, 0.05) is 26.8 Å². The van der Waals surface area contributed by atoms with Crippen LogP contribution >= 0.6 is 0 Å². The van der Waals surface area contributed by atoms with E-state index >= 15 is 0 Å². The first-order chi connectivity index (χ1) is 10.6. The number of fused-ring (bicyclic) bond motifs is 1. The highest BCUT2D eigenvalue weighted by molar-refractivity contribution is 5.95. The summed E-state index contributed by atoms with van der Waals surface area (Å²) in [5, 5.41) is 3.41. The first-order valence-corrected chi connectivity index (χ1v) is 7.58. The van der Waals surface area contributed by atoms with E-state index in [1.165, 1.54) is 11.1 Å². The van der Waals surface area contributed by atoms with Crippen LogP contribution in [0.4, 0.5) is 0 Å². The predicted molar refractivity (Wildman–Crippen MR) is 87.8 cm³/mol. The summed E-state index contributed by atoms with van der Waals surface area (Å²) in [6.45, 7) is 3.93. The van der Waals surface area contributed by atoms with Crippen molar-refractivity contribution in [2.45, 2.75) is 19.9 Å². The van der Waals surface area contributed by atoms with Gasteiger partial charge in [-0.15, -0.1) is 0 Å². The Labute approximate surface area is 131 Å². The van der Waals surface area contributed by atoms with E-state index in [2.05, 4.69) is 28.5 Å². The molecule has 2 heterocycles. The number of carbonyl (C=O) groups excluding carboxylic acids is 1. The minimum atomic E-state index is -0.0565. The maximum Gasteiger partial charge on any atom is 0.272 e. The third kappa shape index (κ3) is 2.62. The Kier molecular flexibility index (Phi) is 3.94. The highest BCUT2D eigenvalue weighted by atomic mass is 16.2. The van der Waals surface area contributed by atoms with Crippen LogP contribution in [0.3, 0.4) is 0 Å². The number of rotatable bonds is 2. The van der Waals surface area contributed by atoms with Crippen molar-refractivity contribution in [2.75, 3.05) is 20.6 Å². The number of hydrogen-bond donors (Lipinski definition) is 1. The van der Waals surface area contributed by atoms with Gasteiger partial charge in [-0.25, -0.2) is 0 Å². The molecule has 1 aromatic carbocycles. The number of nitrogens with zero attached hydrogens (tertiary/aromatic N) is 2. The predicted octanol–water partition coefficient (Wildman–Crippen LogP) is 2.40. The van der Waals surface area contributed by atoms with Gasteiger partial charge >= 0.3 is 0 Å². The van der Waals surface area contributed by atoms with Crippen molar-refractivity contribution >= 4 is 5.91 Å². The van der Waals surface area contributed by atoms with Gasteiger partial charge < -0.3 is 10.2 Å². The second-order valence-electron chi connectivity index (χ2n) is 5.94. The molecular weight excluding hydrogens is 274 g/mol. The second-order valence-corrected chi connectivity index (χ2v) is 5.94. The van der Waals surface area contributed by atoms with Crippen LogP contribution < -0.4 is 5.32 Å². The zero-order chi connectivity index (χ0) is 15.7. The van der Waals surface area contributed by atoms with E-state index < -0.39 is 0 Å². The minimum Gasteiger partial charge on any atom is -0.343 e. The second kappa shape index (κ2) is 5.89. The summed E-state index contributed by atoms with van der Waals surface area (Å²) in [4.78, 5) is 18.1. The molecule has 22 heavy (non-hydrogen) atoms. The van der Waals surface area contributed by atoms with Crippen molar-refractivity contribution < 1.29 is 4.79 Å². The molecule has 0 bridgehead atoms. The molecule has 1 aliphatic heterocycles. The number of nitrogens with one attached hydrogen (secondary N) is 1. The van der Waals surface area contributed by atoms with Crippen molar-refractivity contribution in [1.29, 1.82) is 0 Å². The van der Waals surface area contributed by atoms with E-state index in [1.54, 1.807) is 25.2 Å². The van der Waals surface area contributed by atoms with Crippen molar-refractivity contribution in [2.24, 2.45) is 0 Å². The summed E-state index contributed by atoms with van der Waals surface area (Å²) in [6, 6.07) is 8.57. The Morgan fingerprint density at radius 2 is 2.05 bits per heavy atom. The Bertz CT molecular complexity index is 722. The van der Waals surface area contributed by atoms with Gasteiger partial charge in [-0.3, -0.25) is 9.78 Å². The fraction of sp³-hybridized carbons (Fsp3) is 0.333. The molecule has 0 aliphatic carbocycles. The number of benzene rings is 1. The summed E-state index contributed by atoms with van der Waals surface area (Å²) in [6.07, 6.45) is 2.80. The summed E-state index contributed by atoms with van der Waals surface area (Å²) in [7, 11) is 3.50. The summed E-state index contributed by atoms with van der Waals surface area (Å²) < 4.78 is 0. The number of carbonyl (C=O) groups is 1. The molecule has 1 aliphatic rings. The van der Waals surface area contributed by atoms with Crippen molar-refractivity contribution in [1.82, 2.24) is 15.2 Å². The van der Waals surface area contributed by atoms with Crippen LogP contribution in [0.25, 0.3) is 11.1 Å². The molecule has 1 aromatic heterocycles. The molecule has 114 valence electrons. The van der Waals surface area contributed by atoms with Gasteiger partial charge in [0.1, 0.15) is 5.69 Å². The van der Waals surface area contributed by atoms with Gasteiger partial charge in [0.15, 0.2) is 0 Å². The Balaban J connectivity index is 2.05. The number of aromatic nitrogens is 1. The molecule has 0 unspecified atom stereocenters. The molecule has 0 saturated heterocycles. The lowest BCUT2D eigenvalue weighted by atomic mass is 9.93. The first kappa shape index (κ1) is 14.7. The van der Waals surface area contributed by atoms with E-state index in [0.717, 1.165) is 36.2 Å². The third-order valence-electron chi connectivity index (χ3n) is 4.22. The van der Waals surface area contributed by atoms with Gasteiger partial charge in [0.25, 0.3) is 5.91 Å². The van der Waals surface area contributed by atoms with E-state index in [0.29, 0.717) is 5.69 Å². The van der Waals surface area contributed by atoms with Gasteiger partial charge in [0.05, 0.1) is 0 Å². The SMILES string of the molecule is Cc1c(-c2ccc3c(c2)CNCC3)ccnc1C(=O)N(C)C. The van der Waals surface area contributed by atoms with E-state index in [9.17, 15) is 4.79 Å². The number of pyridine rings is 1. The van der Waals surface area contributed by atoms with Gasteiger partial charge in [-0.1, -0.05) is 12.1 Å². The smallest absolute Gasteiger partial charge is 0.272 e. The molecule has 0 fully saturated rings. The minimum absolute atomic E-state index is 0.0565. The average Bonchev–Trinajstić information content (AvgIpc) is 2.54. The highest BCUT2D eigenvalue weighted by Gasteiger charge is 2.17. The Hall–Kier alpha value is -2.20. The van der Waals surface area contributed by atoms with Crippen molar-refractivity contribution in [3.05, 3.63) is 52.8 Å². The molecule has 3 rings (SSSR count). The van der Waals surface area contributed by atoms with Crippen molar-refractivity contribution in [3.63, 3.8) is 0 Å². The Morgan fingerprint density at radius 3 is 2.82 bits per heavy atom. The lowest BCUT2D eigenvalue weighted by Crippen LogP contribution is -2.24. The maximum absolute atomic E-state index is 12.2. The normalized spacial score (nSPS) is 13.6. The van der Waals surface area contributed by atoms with E-state index in [4.69, 9.17) is 0 Å². The molecule has 0 spiro atoms. The van der Waals surface area contributed by atoms with Crippen LogP contribution in [0, 0.1) is 6.92 Å². The van der Waals surface area contributed by atoms with Crippen LogP contribution in [-0.4, -0.2) is 36.4 Å². The van der Waals surface area contributed by atoms with E-state index in [-0.39, 0.29) is 5.91 Å². The monoisotopic (exact) mass is 295 g/mol. The van der Waals surface area contributed by atoms with Gasteiger partial charge in [-0.05, 0) is 59.8 Å². The Morgan fingerprint density at radius 1 is 1.23 bits per heavy atom. The number of hydrogen-bond acceptors (Lipinski definition) is 3. The van der Waals surface area contributed by atoms with Crippen LogP contribution in [-0.2, 0) is 13.0 Å².